The highest BCUT2D eigenvalue weighted by Crippen LogP contribution is 2.31. The van der Waals surface area contributed by atoms with E-state index in [1.807, 2.05) is 0 Å². The molecule has 0 fully saturated rings. The third-order valence-corrected chi connectivity index (χ3v) is 4.27. The molecule has 1 atom stereocenters. The first-order valence-corrected chi connectivity index (χ1v) is 8.76. The van der Waals surface area contributed by atoms with Crippen LogP contribution in [0, 0.1) is 5.82 Å². The molecule has 1 aliphatic rings. The molecule has 0 radical (unpaired) electrons. The number of hydrogen-bond donors (Lipinski definition) is 1. The quantitative estimate of drug-likeness (QED) is 0.651. The Morgan fingerprint density at radius 3 is 2.71 bits per heavy atom. The minimum atomic E-state index is -0.762. The number of halogens is 1. The van der Waals surface area contributed by atoms with Gasteiger partial charge < -0.3 is 15.0 Å². The molecule has 0 saturated heterocycles. The lowest BCUT2D eigenvalue weighted by Gasteiger charge is -2.27. The van der Waals surface area contributed by atoms with E-state index in [1.165, 1.54) is 23.1 Å². The van der Waals surface area contributed by atoms with Crippen LogP contribution in [0.1, 0.15) is 18.9 Å². The normalized spacial score (nSPS) is 16.3. The molecule has 1 aliphatic heterocycles. The number of rotatable bonds is 4. The third-order valence-electron chi connectivity index (χ3n) is 4.27. The first-order chi connectivity index (χ1) is 13.5. The molecule has 3 rings (SSSR count). The Morgan fingerprint density at radius 2 is 1.93 bits per heavy atom. The van der Waals surface area contributed by atoms with E-state index in [4.69, 9.17) is 4.74 Å². The fourth-order valence-electron chi connectivity index (χ4n) is 2.99. The van der Waals surface area contributed by atoms with Crippen molar-refractivity contribution in [2.24, 2.45) is 0 Å². The number of nitrogens with zero attached hydrogens (tertiary/aromatic N) is 1. The summed E-state index contributed by atoms with van der Waals surface area (Å²) in [6, 6.07) is 12.5. The summed E-state index contributed by atoms with van der Waals surface area (Å²) in [5.74, 6) is -1.87. The predicted molar refractivity (Wildman–Crippen MR) is 103 cm³/mol. The van der Waals surface area contributed by atoms with Gasteiger partial charge in [-0.1, -0.05) is 30.3 Å². The molecule has 1 N–H and O–H groups in total. The molecule has 1 heterocycles. The highest BCUT2D eigenvalue weighted by molar-refractivity contribution is 6.05. The number of fused-ring (bicyclic) bond motifs is 1. The van der Waals surface area contributed by atoms with Crippen molar-refractivity contribution < 1.29 is 23.5 Å². The van der Waals surface area contributed by atoms with Crippen molar-refractivity contribution in [3.63, 3.8) is 0 Å². The van der Waals surface area contributed by atoms with Crippen LogP contribution in [0.5, 0.6) is 0 Å². The Kier molecular flexibility index (Phi) is 5.84. The summed E-state index contributed by atoms with van der Waals surface area (Å²) in [6.07, 6.45) is 2.48. The zero-order valence-corrected chi connectivity index (χ0v) is 15.2. The zero-order chi connectivity index (χ0) is 20.1. The SMILES string of the molecule is CC1CC(=O)Nc2ccccc2N1C(=O)COC(=O)/C=C/c1ccccc1F. The van der Waals surface area contributed by atoms with Crippen LogP contribution in [0.2, 0.25) is 0 Å². The number of nitrogens with one attached hydrogen (secondary N) is 1. The lowest BCUT2D eigenvalue weighted by atomic mass is 10.1. The maximum absolute atomic E-state index is 13.6. The van der Waals surface area contributed by atoms with Gasteiger partial charge in [-0.15, -0.1) is 0 Å². The molecular weight excluding hydrogens is 363 g/mol. The van der Waals surface area contributed by atoms with E-state index in [1.54, 1.807) is 43.3 Å². The van der Waals surface area contributed by atoms with Crippen LogP contribution in [0.15, 0.2) is 54.6 Å². The summed E-state index contributed by atoms with van der Waals surface area (Å²) in [6.45, 7) is 1.26. The minimum Gasteiger partial charge on any atom is -0.452 e. The van der Waals surface area contributed by atoms with Crippen LogP contribution in [-0.2, 0) is 19.1 Å². The molecule has 7 heteroatoms. The number of anilines is 2. The van der Waals surface area contributed by atoms with E-state index in [0.717, 1.165) is 6.08 Å². The van der Waals surface area contributed by atoms with Crippen LogP contribution in [0.4, 0.5) is 15.8 Å². The number of ether oxygens (including phenoxy) is 1. The van der Waals surface area contributed by atoms with Crippen molar-refractivity contribution in [3.05, 3.63) is 66.0 Å². The second-order valence-electron chi connectivity index (χ2n) is 6.34. The number of amides is 2. The molecule has 2 amide bonds. The van der Waals surface area contributed by atoms with Crippen LogP contribution in [0.25, 0.3) is 6.08 Å². The van der Waals surface area contributed by atoms with Crippen molar-refractivity contribution in [2.75, 3.05) is 16.8 Å². The van der Waals surface area contributed by atoms with Crippen LogP contribution in [-0.4, -0.2) is 30.4 Å². The van der Waals surface area contributed by atoms with Gasteiger partial charge in [0.1, 0.15) is 5.82 Å². The van der Waals surface area contributed by atoms with E-state index in [9.17, 15) is 18.8 Å². The van der Waals surface area contributed by atoms with Crippen molar-refractivity contribution in [3.8, 4) is 0 Å². The largest absolute Gasteiger partial charge is 0.452 e. The highest BCUT2D eigenvalue weighted by Gasteiger charge is 2.29. The van der Waals surface area contributed by atoms with E-state index >= 15 is 0 Å². The Morgan fingerprint density at radius 1 is 1.21 bits per heavy atom. The van der Waals surface area contributed by atoms with Crippen molar-refractivity contribution in [1.82, 2.24) is 0 Å². The van der Waals surface area contributed by atoms with Gasteiger partial charge in [-0.2, -0.15) is 0 Å². The number of carbonyl (C=O) groups is 3. The molecule has 28 heavy (non-hydrogen) atoms. The average Bonchev–Trinajstić information content (AvgIpc) is 2.79. The Bertz CT molecular complexity index is 942. The second kappa shape index (κ2) is 8.47. The molecule has 2 aromatic rings. The zero-order valence-electron chi connectivity index (χ0n) is 15.2. The van der Waals surface area contributed by atoms with Crippen molar-refractivity contribution in [2.45, 2.75) is 19.4 Å². The van der Waals surface area contributed by atoms with Gasteiger partial charge in [0.2, 0.25) is 5.91 Å². The fourth-order valence-corrected chi connectivity index (χ4v) is 2.99. The number of benzene rings is 2. The maximum Gasteiger partial charge on any atom is 0.331 e. The molecule has 0 saturated carbocycles. The summed E-state index contributed by atoms with van der Waals surface area (Å²) in [5.41, 5.74) is 1.31. The number of carbonyl (C=O) groups excluding carboxylic acids is 3. The third kappa shape index (κ3) is 4.43. The average molecular weight is 382 g/mol. The Labute approximate surface area is 161 Å². The van der Waals surface area contributed by atoms with Crippen LogP contribution >= 0.6 is 0 Å². The highest BCUT2D eigenvalue weighted by atomic mass is 19.1. The molecule has 0 aromatic heterocycles. The molecule has 144 valence electrons. The van der Waals surface area contributed by atoms with E-state index in [2.05, 4.69) is 5.32 Å². The maximum atomic E-state index is 13.6. The van der Waals surface area contributed by atoms with Gasteiger partial charge in [0.05, 0.1) is 11.4 Å². The van der Waals surface area contributed by atoms with E-state index in [-0.39, 0.29) is 17.9 Å². The summed E-state index contributed by atoms with van der Waals surface area (Å²) >= 11 is 0. The van der Waals surface area contributed by atoms with Crippen molar-refractivity contribution >= 4 is 35.2 Å². The summed E-state index contributed by atoms with van der Waals surface area (Å²) in [4.78, 5) is 38.0. The molecule has 2 aromatic carbocycles. The van der Waals surface area contributed by atoms with Gasteiger partial charge >= 0.3 is 5.97 Å². The molecular formula is C21H19FN2O4. The minimum absolute atomic E-state index is 0.127. The van der Waals surface area contributed by atoms with Crippen molar-refractivity contribution in [1.29, 1.82) is 0 Å². The standard InChI is InChI=1S/C21H19FN2O4/c1-14-12-19(25)23-17-8-4-5-9-18(17)24(14)20(26)13-28-21(27)11-10-15-6-2-3-7-16(15)22/h2-11,14H,12-13H2,1H3,(H,23,25)/b11-10+. The summed E-state index contributed by atoms with van der Waals surface area (Å²) in [5, 5.41) is 2.76. The molecule has 0 aliphatic carbocycles. The molecule has 6 nitrogen and oxygen atoms in total. The fraction of sp³-hybridized carbons (Fsp3) is 0.190. The van der Waals surface area contributed by atoms with Gasteiger partial charge in [0, 0.05) is 24.1 Å². The lowest BCUT2D eigenvalue weighted by Crippen LogP contribution is -2.41. The first-order valence-electron chi connectivity index (χ1n) is 8.76. The second-order valence-corrected chi connectivity index (χ2v) is 6.34. The number of esters is 1. The number of para-hydroxylation sites is 2. The smallest absolute Gasteiger partial charge is 0.331 e. The van der Waals surface area contributed by atoms with Crippen LogP contribution < -0.4 is 10.2 Å². The van der Waals surface area contributed by atoms with E-state index in [0.29, 0.717) is 11.4 Å². The van der Waals surface area contributed by atoms with Gasteiger partial charge in [-0.05, 0) is 31.2 Å². The number of hydrogen-bond acceptors (Lipinski definition) is 4. The molecule has 1 unspecified atom stereocenters. The van der Waals surface area contributed by atoms with Crippen LogP contribution in [0.3, 0.4) is 0 Å². The van der Waals surface area contributed by atoms with E-state index < -0.39 is 30.3 Å². The first kappa shape index (κ1) is 19.3. The summed E-state index contributed by atoms with van der Waals surface area (Å²) < 4.78 is 18.6. The molecule has 0 spiro atoms. The monoisotopic (exact) mass is 382 g/mol. The van der Waals surface area contributed by atoms with Gasteiger partial charge in [0.25, 0.3) is 5.91 Å². The van der Waals surface area contributed by atoms with Gasteiger partial charge in [0.15, 0.2) is 6.61 Å². The Hall–Kier alpha value is -3.48. The summed E-state index contributed by atoms with van der Waals surface area (Å²) in [7, 11) is 0. The molecule has 0 bridgehead atoms. The van der Waals surface area contributed by atoms with Gasteiger partial charge in [-0.25, -0.2) is 9.18 Å². The Balaban J connectivity index is 1.68. The van der Waals surface area contributed by atoms with Gasteiger partial charge in [-0.3, -0.25) is 9.59 Å². The lowest BCUT2D eigenvalue weighted by molar-refractivity contribution is -0.143. The predicted octanol–water partition coefficient (Wildman–Crippen LogP) is 3.15. The topological polar surface area (TPSA) is 75.7 Å².